The molecule has 0 amide bonds. The molecule has 2 aromatic heterocycles. The van der Waals surface area contributed by atoms with E-state index in [2.05, 4.69) is 17.0 Å². The number of rotatable bonds is 2. The van der Waals surface area contributed by atoms with E-state index in [0.717, 1.165) is 39.5 Å². The molecular formula is C18H15ClN4. The molecule has 1 N–H and O–H groups in total. The van der Waals surface area contributed by atoms with Gasteiger partial charge in [-0.2, -0.15) is 5.10 Å². The summed E-state index contributed by atoms with van der Waals surface area (Å²) in [6, 6.07) is 15.7. The first-order valence-electron chi connectivity index (χ1n) is 7.41. The first-order valence-corrected chi connectivity index (χ1v) is 7.78. The second-order valence-corrected chi connectivity index (χ2v) is 5.97. The van der Waals surface area contributed by atoms with E-state index < -0.39 is 0 Å². The Kier molecular flexibility index (Phi) is 3.20. The lowest BCUT2D eigenvalue weighted by Gasteiger charge is -2.04. The first-order chi connectivity index (χ1) is 11.1. The fourth-order valence-corrected chi connectivity index (χ4v) is 3.02. The largest absolute Gasteiger partial charge is 0.338 e. The molecule has 0 aliphatic carbocycles. The average Bonchev–Trinajstić information content (AvgIpc) is 3.08. The highest BCUT2D eigenvalue weighted by Crippen LogP contribution is 2.28. The van der Waals surface area contributed by atoms with Crippen molar-refractivity contribution in [3.05, 3.63) is 64.9 Å². The summed E-state index contributed by atoms with van der Waals surface area (Å²) in [4.78, 5) is 8.08. The molecule has 4 nitrogen and oxygen atoms in total. The highest BCUT2D eigenvalue weighted by molar-refractivity contribution is 6.30. The molecule has 0 saturated carbocycles. The summed E-state index contributed by atoms with van der Waals surface area (Å²) in [5.41, 5.74) is 6.00. The third-order valence-electron chi connectivity index (χ3n) is 3.99. The van der Waals surface area contributed by atoms with E-state index in [1.165, 1.54) is 0 Å². The molecule has 0 aliphatic rings. The third kappa shape index (κ3) is 2.32. The van der Waals surface area contributed by atoms with Crippen LogP contribution in [-0.2, 0) is 0 Å². The van der Waals surface area contributed by atoms with Crippen molar-refractivity contribution >= 4 is 22.6 Å². The van der Waals surface area contributed by atoms with E-state index in [4.69, 9.17) is 16.6 Å². The summed E-state index contributed by atoms with van der Waals surface area (Å²) >= 11 is 5.97. The molecule has 4 aromatic rings. The molecule has 4 rings (SSSR count). The Morgan fingerprint density at radius 1 is 1.00 bits per heavy atom. The van der Waals surface area contributed by atoms with Gasteiger partial charge in [0.25, 0.3) is 0 Å². The van der Waals surface area contributed by atoms with Crippen molar-refractivity contribution in [3.8, 4) is 17.1 Å². The minimum Gasteiger partial charge on any atom is -0.338 e. The number of imidazole rings is 1. The molecule has 0 fully saturated rings. The zero-order valence-electron chi connectivity index (χ0n) is 12.8. The van der Waals surface area contributed by atoms with E-state index >= 15 is 0 Å². The number of aromatic amines is 1. The zero-order valence-corrected chi connectivity index (χ0v) is 13.6. The number of benzene rings is 2. The average molecular weight is 323 g/mol. The predicted molar refractivity (Wildman–Crippen MR) is 93.1 cm³/mol. The molecule has 0 unspecified atom stereocenters. The second kappa shape index (κ2) is 5.25. The zero-order chi connectivity index (χ0) is 16.0. The lowest BCUT2D eigenvalue weighted by molar-refractivity contribution is 0.834. The van der Waals surface area contributed by atoms with Crippen LogP contribution in [0.25, 0.3) is 28.1 Å². The molecule has 0 saturated heterocycles. The van der Waals surface area contributed by atoms with Gasteiger partial charge in [0.1, 0.15) is 5.82 Å². The number of hydrogen-bond donors (Lipinski definition) is 1. The van der Waals surface area contributed by atoms with E-state index in [9.17, 15) is 0 Å². The molecular weight excluding hydrogens is 308 g/mol. The van der Waals surface area contributed by atoms with Gasteiger partial charge >= 0.3 is 0 Å². The van der Waals surface area contributed by atoms with Gasteiger partial charge in [-0.1, -0.05) is 23.7 Å². The van der Waals surface area contributed by atoms with Gasteiger partial charge in [0.15, 0.2) is 0 Å². The van der Waals surface area contributed by atoms with Crippen LogP contribution in [-0.4, -0.2) is 19.7 Å². The summed E-state index contributed by atoms with van der Waals surface area (Å²) in [5.74, 6) is 0.849. The smallest absolute Gasteiger partial charge is 0.142 e. The van der Waals surface area contributed by atoms with Crippen LogP contribution in [0.1, 0.15) is 11.4 Å². The number of nitrogens with one attached hydrogen (secondary N) is 1. The molecule has 23 heavy (non-hydrogen) atoms. The van der Waals surface area contributed by atoms with Gasteiger partial charge in [-0.15, -0.1) is 0 Å². The van der Waals surface area contributed by atoms with Crippen LogP contribution in [0.15, 0.2) is 48.5 Å². The van der Waals surface area contributed by atoms with Crippen molar-refractivity contribution in [3.63, 3.8) is 0 Å². The molecule has 2 heterocycles. The van der Waals surface area contributed by atoms with Crippen LogP contribution in [0.4, 0.5) is 0 Å². The maximum Gasteiger partial charge on any atom is 0.142 e. The number of hydrogen-bond acceptors (Lipinski definition) is 2. The van der Waals surface area contributed by atoms with Gasteiger partial charge in [0.05, 0.1) is 33.7 Å². The lowest BCUT2D eigenvalue weighted by atomic mass is 10.2. The van der Waals surface area contributed by atoms with E-state index in [-0.39, 0.29) is 0 Å². The molecule has 114 valence electrons. The second-order valence-electron chi connectivity index (χ2n) is 5.54. The van der Waals surface area contributed by atoms with Crippen molar-refractivity contribution in [2.75, 3.05) is 0 Å². The minimum absolute atomic E-state index is 0.716. The highest BCUT2D eigenvalue weighted by Gasteiger charge is 2.17. The summed E-state index contributed by atoms with van der Waals surface area (Å²) in [7, 11) is 0. The first kappa shape index (κ1) is 14.0. The quantitative estimate of drug-likeness (QED) is 0.582. The highest BCUT2D eigenvalue weighted by atomic mass is 35.5. The summed E-state index contributed by atoms with van der Waals surface area (Å²) in [6.45, 7) is 4.05. The van der Waals surface area contributed by atoms with E-state index in [1.807, 2.05) is 60.1 Å². The van der Waals surface area contributed by atoms with Gasteiger partial charge < -0.3 is 4.98 Å². The molecule has 0 bridgehead atoms. The van der Waals surface area contributed by atoms with Gasteiger partial charge in [-0.3, -0.25) is 0 Å². The topological polar surface area (TPSA) is 46.5 Å². The number of fused-ring (bicyclic) bond motifs is 1. The van der Waals surface area contributed by atoms with Crippen LogP contribution in [0.2, 0.25) is 5.02 Å². The normalized spacial score (nSPS) is 11.3. The Bertz CT molecular complexity index is 963. The van der Waals surface area contributed by atoms with Gasteiger partial charge in [0.2, 0.25) is 0 Å². The van der Waals surface area contributed by atoms with Crippen molar-refractivity contribution in [2.24, 2.45) is 0 Å². The Morgan fingerprint density at radius 3 is 2.48 bits per heavy atom. The number of H-pyrrole nitrogens is 1. The number of halogens is 1. The molecule has 0 atom stereocenters. The molecule has 2 aromatic carbocycles. The fraction of sp³-hybridized carbons (Fsp3) is 0.111. The number of nitrogens with zero attached hydrogens (tertiary/aromatic N) is 3. The van der Waals surface area contributed by atoms with Crippen molar-refractivity contribution in [1.29, 1.82) is 0 Å². The number of para-hydroxylation sites is 2. The Morgan fingerprint density at radius 2 is 1.74 bits per heavy atom. The van der Waals surface area contributed by atoms with Crippen LogP contribution in [0.5, 0.6) is 0 Å². The molecule has 0 radical (unpaired) electrons. The van der Waals surface area contributed by atoms with Crippen LogP contribution >= 0.6 is 11.6 Å². The summed E-state index contributed by atoms with van der Waals surface area (Å²) in [6.07, 6.45) is 0. The Balaban J connectivity index is 1.88. The van der Waals surface area contributed by atoms with E-state index in [0.29, 0.717) is 5.02 Å². The van der Waals surface area contributed by atoms with Crippen LogP contribution < -0.4 is 0 Å². The van der Waals surface area contributed by atoms with Gasteiger partial charge in [0, 0.05) is 5.02 Å². The van der Waals surface area contributed by atoms with Gasteiger partial charge in [-0.05, 0) is 50.2 Å². The van der Waals surface area contributed by atoms with Crippen LogP contribution in [0, 0.1) is 13.8 Å². The summed E-state index contributed by atoms with van der Waals surface area (Å²) in [5, 5.41) is 5.39. The van der Waals surface area contributed by atoms with E-state index in [1.54, 1.807) is 0 Å². The fourth-order valence-electron chi connectivity index (χ4n) is 2.89. The number of aromatic nitrogens is 4. The lowest BCUT2D eigenvalue weighted by Crippen LogP contribution is -1.98. The minimum atomic E-state index is 0.716. The standard InChI is InChI=1S/C18H15ClN4/c1-11-17(18-20-15-5-3-4-6-16(15)21-18)12(2)23(22-11)14-9-7-13(19)8-10-14/h3-10H,1-2H3,(H,20,21). The molecule has 0 aliphatic heterocycles. The maximum absolute atomic E-state index is 5.97. The van der Waals surface area contributed by atoms with Gasteiger partial charge in [-0.25, -0.2) is 9.67 Å². The van der Waals surface area contributed by atoms with Crippen LogP contribution in [0.3, 0.4) is 0 Å². The predicted octanol–water partition coefficient (Wildman–Crippen LogP) is 4.69. The summed E-state index contributed by atoms with van der Waals surface area (Å²) < 4.78 is 1.92. The van der Waals surface area contributed by atoms with Crippen molar-refractivity contribution in [2.45, 2.75) is 13.8 Å². The Labute approximate surface area is 138 Å². The molecule has 5 heteroatoms. The van der Waals surface area contributed by atoms with Crippen molar-refractivity contribution < 1.29 is 0 Å². The number of aryl methyl sites for hydroxylation is 1. The Hall–Kier alpha value is -2.59. The maximum atomic E-state index is 5.97. The SMILES string of the molecule is Cc1nn(-c2ccc(Cl)cc2)c(C)c1-c1nc2ccccc2[nH]1. The third-order valence-corrected chi connectivity index (χ3v) is 4.24. The monoisotopic (exact) mass is 322 g/mol. The molecule has 0 spiro atoms. The van der Waals surface area contributed by atoms with Crippen molar-refractivity contribution in [1.82, 2.24) is 19.7 Å².